The average molecular weight is 494 g/mol. The molecule has 31 heavy (non-hydrogen) atoms. The monoisotopic (exact) mass is 493 g/mol. The summed E-state index contributed by atoms with van der Waals surface area (Å²) in [6.07, 6.45) is 0. The van der Waals surface area contributed by atoms with Crippen molar-refractivity contribution in [2.75, 3.05) is 25.6 Å². The highest BCUT2D eigenvalue weighted by Gasteiger charge is 2.19. The number of rotatable bonds is 8. The molecule has 0 saturated heterocycles. The van der Waals surface area contributed by atoms with Crippen LogP contribution in [0.5, 0.6) is 11.5 Å². The molecule has 0 radical (unpaired) electrons. The largest absolute Gasteiger partial charge is 0.493 e. The zero-order valence-electron chi connectivity index (χ0n) is 17.7. The maximum Gasteiger partial charge on any atom is 0.344 e. The molecule has 0 aliphatic rings. The Kier molecular flexibility index (Phi) is 8.44. The van der Waals surface area contributed by atoms with E-state index in [1.807, 2.05) is 0 Å². The number of anilines is 1. The van der Waals surface area contributed by atoms with Gasteiger partial charge in [-0.25, -0.2) is 9.59 Å². The maximum absolute atomic E-state index is 12.2. The molecule has 0 aliphatic carbocycles. The van der Waals surface area contributed by atoms with E-state index in [0.29, 0.717) is 5.69 Å². The van der Waals surface area contributed by atoms with Crippen LogP contribution in [-0.4, -0.2) is 43.8 Å². The molecule has 2 rings (SSSR count). The third-order valence-corrected chi connectivity index (χ3v) is 4.16. The minimum Gasteiger partial charge on any atom is -0.493 e. The Hall–Kier alpha value is -3.07. The Morgan fingerprint density at radius 1 is 0.968 bits per heavy atom. The first-order valence-corrected chi connectivity index (χ1v) is 10.1. The molecule has 2 aromatic carbocycles. The molecule has 8 nitrogen and oxygen atoms in total. The van der Waals surface area contributed by atoms with E-state index in [4.69, 9.17) is 18.9 Å². The van der Waals surface area contributed by atoms with Crippen LogP contribution in [0.2, 0.25) is 0 Å². The van der Waals surface area contributed by atoms with Crippen LogP contribution in [0.15, 0.2) is 46.9 Å². The summed E-state index contributed by atoms with van der Waals surface area (Å²) in [6, 6.07) is 11.4. The Morgan fingerprint density at radius 2 is 1.65 bits per heavy atom. The Morgan fingerprint density at radius 3 is 2.26 bits per heavy atom. The molecule has 0 atom stereocenters. The van der Waals surface area contributed by atoms with Crippen LogP contribution in [0.4, 0.5) is 5.69 Å². The topological polar surface area (TPSA) is 100 Å². The molecule has 1 N–H and O–H groups in total. The molecular weight excluding hydrogens is 470 g/mol. The highest BCUT2D eigenvalue weighted by Crippen LogP contribution is 2.28. The first-order chi connectivity index (χ1) is 14.6. The van der Waals surface area contributed by atoms with Crippen LogP contribution in [0.3, 0.4) is 0 Å². The second-order valence-electron chi connectivity index (χ2n) is 7.37. The van der Waals surface area contributed by atoms with Gasteiger partial charge in [0.15, 0.2) is 24.7 Å². The Balaban J connectivity index is 1.93. The van der Waals surface area contributed by atoms with Gasteiger partial charge in [0.05, 0.1) is 12.7 Å². The molecule has 9 heteroatoms. The second-order valence-corrected chi connectivity index (χ2v) is 8.29. The van der Waals surface area contributed by atoms with Gasteiger partial charge >= 0.3 is 11.9 Å². The molecule has 166 valence electrons. The zero-order valence-corrected chi connectivity index (χ0v) is 19.3. The van der Waals surface area contributed by atoms with Gasteiger partial charge in [0.1, 0.15) is 5.60 Å². The van der Waals surface area contributed by atoms with Crippen molar-refractivity contribution >= 4 is 39.5 Å². The fraction of sp³-hybridized carbons (Fsp3) is 0.318. The van der Waals surface area contributed by atoms with Crippen molar-refractivity contribution in [1.29, 1.82) is 0 Å². The summed E-state index contributed by atoms with van der Waals surface area (Å²) in [6.45, 7) is 4.39. The summed E-state index contributed by atoms with van der Waals surface area (Å²) in [7, 11) is 1.40. The van der Waals surface area contributed by atoms with Gasteiger partial charge in [-0.05, 0) is 63.2 Å². The summed E-state index contributed by atoms with van der Waals surface area (Å²) in [4.78, 5) is 36.0. The van der Waals surface area contributed by atoms with Gasteiger partial charge in [-0.15, -0.1) is 0 Å². The van der Waals surface area contributed by atoms with Crippen molar-refractivity contribution < 1.29 is 33.3 Å². The van der Waals surface area contributed by atoms with Crippen LogP contribution in [0.25, 0.3) is 0 Å². The number of benzene rings is 2. The lowest BCUT2D eigenvalue weighted by atomic mass is 10.2. The van der Waals surface area contributed by atoms with Gasteiger partial charge in [0.2, 0.25) is 0 Å². The van der Waals surface area contributed by atoms with E-state index in [1.165, 1.54) is 25.3 Å². The third kappa shape index (κ3) is 8.29. The van der Waals surface area contributed by atoms with Gasteiger partial charge in [-0.1, -0.05) is 15.9 Å². The SMILES string of the molecule is COc1cc(C(=O)OCC(=O)OC(C)(C)C)ccc1OCC(=O)Nc1ccc(Br)cc1. The third-order valence-electron chi connectivity index (χ3n) is 3.63. The van der Waals surface area contributed by atoms with E-state index in [9.17, 15) is 14.4 Å². The number of methoxy groups -OCH3 is 1. The van der Waals surface area contributed by atoms with E-state index in [1.54, 1.807) is 45.0 Å². The first-order valence-electron chi connectivity index (χ1n) is 9.32. The number of carbonyl (C=O) groups excluding carboxylic acids is 3. The van der Waals surface area contributed by atoms with Crippen molar-refractivity contribution in [3.63, 3.8) is 0 Å². The summed E-state index contributed by atoms with van der Waals surface area (Å²) >= 11 is 3.33. The van der Waals surface area contributed by atoms with E-state index in [-0.39, 0.29) is 29.6 Å². The van der Waals surface area contributed by atoms with Crippen molar-refractivity contribution in [2.45, 2.75) is 26.4 Å². The summed E-state index contributed by atoms with van der Waals surface area (Å²) in [5.74, 6) is -1.21. The molecule has 0 saturated carbocycles. The van der Waals surface area contributed by atoms with Crippen LogP contribution in [0.1, 0.15) is 31.1 Å². The summed E-state index contributed by atoms with van der Waals surface area (Å²) in [5, 5.41) is 2.71. The van der Waals surface area contributed by atoms with E-state index < -0.39 is 24.1 Å². The van der Waals surface area contributed by atoms with Crippen LogP contribution in [-0.2, 0) is 19.1 Å². The van der Waals surface area contributed by atoms with Gasteiger partial charge < -0.3 is 24.3 Å². The van der Waals surface area contributed by atoms with E-state index in [0.717, 1.165) is 4.47 Å². The normalized spacial score (nSPS) is 10.7. The summed E-state index contributed by atoms with van der Waals surface area (Å²) in [5.41, 5.74) is 0.119. The lowest BCUT2D eigenvalue weighted by Gasteiger charge is -2.19. The molecule has 0 unspecified atom stereocenters. The van der Waals surface area contributed by atoms with Crippen LogP contribution in [0, 0.1) is 0 Å². The quantitative estimate of drug-likeness (QED) is 0.555. The highest BCUT2D eigenvalue weighted by atomic mass is 79.9. The molecule has 0 fully saturated rings. The second kappa shape index (κ2) is 10.8. The smallest absolute Gasteiger partial charge is 0.344 e. The molecular formula is C22H24BrNO7. The number of esters is 2. The Labute approximate surface area is 188 Å². The number of halogens is 1. The maximum atomic E-state index is 12.2. The van der Waals surface area contributed by atoms with Crippen molar-refractivity contribution in [3.8, 4) is 11.5 Å². The molecule has 2 aromatic rings. The lowest BCUT2D eigenvalue weighted by Crippen LogP contribution is -2.27. The number of nitrogens with one attached hydrogen (secondary N) is 1. The van der Waals surface area contributed by atoms with Crippen molar-refractivity contribution in [1.82, 2.24) is 0 Å². The fourth-order valence-corrected chi connectivity index (χ4v) is 2.63. The number of amides is 1. The minimum absolute atomic E-state index is 0.159. The van der Waals surface area contributed by atoms with E-state index in [2.05, 4.69) is 21.2 Å². The minimum atomic E-state index is -0.719. The number of hydrogen-bond acceptors (Lipinski definition) is 7. The predicted octanol–water partition coefficient (Wildman–Crippen LogP) is 3.97. The van der Waals surface area contributed by atoms with Gasteiger partial charge in [-0.2, -0.15) is 0 Å². The number of carbonyl (C=O) groups is 3. The van der Waals surface area contributed by atoms with E-state index >= 15 is 0 Å². The van der Waals surface area contributed by atoms with Crippen molar-refractivity contribution in [2.24, 2.45) is 0 Å². The van der Waals surface area contributed by atoms with Gasteiger partial charge in [0.25, 0.3) is 5.91 Å². The number of hydrogen-bond donors (Lipinski definition) is 1. The molecule has 0 aromatic heterocycles. The fourth-order valence-electron chi connectivity index (χ4n) is 2.37. The highest BCUT2D eigenvalue weighted by molar-refractivity contribution is 9.10. The molecule has 0 bridgehead atoms. The van der Waals surface area contributed by atoms with Crippen LogP contribution < -0.4 is 14.8 Å². The average Bonchev–Trinajstić information content (AvgIpc) is 2.70. The zero-order chi connectivity index (χ0) is 23.0. The summed E-state index contributed by atoms with van der Waals surface area (Å²) < 4.78 is 21.7. The predicted molar refractivity (Wildman–Crippen MR) is 117 cm³/mol. The molecule has 1 amide bonds. The number of ether oxygens (including phenoxy) is 4. The van der Waals surface area contributed by atoms with Gasteiger partial charge in [0, 0.05) is 10.2 Å². The molecule has 0 spiro atoms. The standard InChI is InChI=1S/C22H24BrNO7/c1-22(2,3)31-20(26)13-30-21(27)14-5-10-17(18(11-14)28-4)29-12-19(25)24-16-8-6-15(23)7-9-16/h5-11H,12-13H2,1-4H3,(H,24,25). The van der Waals surface area contributed by atoms with Crippen LogP contribution >= 0.6 is 15.9 Å². The molecule has 0 heterocycles. The Bertz CT molecular complexity index is 936. The van der Waals surface area contributed by atoms with Crippen molar-refractivity contribution in [3.05, 3.63) is 52.5 Å². The molecule has 0 aliphatic heterocycles. The first kappa shape index (κ1) is 24.2. The lowest BCUT2D eigenvalue weighted by molar-refractivity contribution is -0.158. The van der Waals surface area contributed by atoms with Gasteiger partial charge in [-0.3, -0.25) is 4.79 Å².